The summed E-state index contributed by atoms with van der Waals surface area (Å²) in [6, 6.07) is 8.37. The Hall–Kier alpha value is 0.602. The maximum Gasteiger partial charge on any atom is 0 e. The molecule has 0 spiro atoms. The Labute approximate surface area is 84.1 Å². The van der Waals surface area contributed by atoms with Crippen molar-refractivity contribution in [3.05, 3.63) is 29.8 Å². The van der Waals surface area contributed by atoms with Crippen LogP contribution in [0.5, 0.6) is 0 Å². The summed E-state index contributed by atoms with van der Waals surface area (Å²) in [5.41, 5.74) is 1.32. The molecule has 0 bridgehead atoms. The van der Waals surface area contributed by atoms with E-state index in [9.17, 15) is 0 Å². The third-order valence-electron chi connectivity index (χ3n) is 1.08. The van der Waals surface area contributed by atoms with Crippen molar-refractivity contribution in [3.8, 4) is 0 Å². The van der Waals surface area contributed by atoms with Crippen molar-refractivity contribution in [2.75, 3.05) is 0 Å². The van der Waals surface area contributed by atoms with Gasteiger partial charge in [0.15, 0.2) is 0 Å². The summed E-state index contributed by atoms with van der Waals surface area (Å²) in [4.78, 5) is 0. The molecule has 10 heavy (non-hydrogen) atoms. The standard InChI is InChI=1S/C7H9P.ClH.Pd/c1-6-2-4-7(8)5-3-6;;/h2-5H,8H2,1H3;1H;. The second kappa shape index (κ2) is 6.32. The largest absolute Gasteiger partial charge is 0.147 e. The Balaban J connectivity index is 0. The molecule has 1 aromatic rings. The summed E-state index contributed by atoms with van der Waals surface area (Å²) < 4.78 is 0. The predicted molar refractivity (Wildman–Crippen MR) is 47.8 cm³/mol. The van der Waals surface area contributed by atoms with Gasteiger partial charge >= 0.3 is 0 Å². The van der Waals surface area contributed by atoms with Crippen LogP contribution in [0.1, 0.15) is 5.56 Å². The molecular formula is C7H10ClPPd. The molecule has 0 nitrogen and oxygen atoms in total. The van der Waals surface area contributed by atoms with Crippen LogP contribution in [-0.2, 0) is 20.4 Å². The minimum atomic E-state index is 0. The Morgan fingerprint density at radius 3 is 1.80 bits per heavy atom. The van der Waals surface area contributed by atoms with Gasteiger partial charge in [0.2, 0.25) is 0 Å². The van der Waals surface area contributed by atoms with Gasteiger partial charge in [-0.2, -0.15) is 0 Å². The van der Waals surface area contributed by atoms with Crippen LogP contribution in [0.2, 0.25) is 0 Å². The molecule has 3 heteroatoms. The SMILES string of the molecule is Cc1ccc(P)cc1.Cl.[Pd]. The summed E-state index contributed by atoms with van der Waals surface area (Å²) >= 11 is 0. The molecule has 1 unspecified atom stereocenters. The Bertz CT molecular complexity index is 152. The second-order valence-electron chi connectivity index (χ2n) is 1.91. The van der Waals surface area contributed by atoms with Crippen molar-refractivity contribution >= 4 is 27.0 Å². The smallest absolute Gasteiger partial charge is 0 e. The zero-order chi connectivity index (χ0) is 5.98. The van der Waals surface area contributed by atoms with Gasteiger partial charge in [0, 0.05) is 20.4 Å². The second-order valence-corrected chi connectivity index (χ2v) is 2.58. The molecule has 0 saturated heterocycles. The van der Waals surface area contributed by atoms with E-state index in [-0.39, 0.29) is 32.8 Å². The van der Waals surface area contributed by atoms with Gasteiger partial charge in [-0.1, -0.05) is 29.8 Å². The molecule has 60 valence electrons. The topological polar surface area (TPSA) is 0 Å². The molecule has 0 aliphatic heterocycles. The van der Waals surface area contributed by atoms with E-state index in [1.54, 1.807) is 0 Å². The average molecular weight is 267 g/mol. The van der Waals surface area contributed by atoms with Crippen LogP contribution < -0.4 is 5.30 Å². The molecule has 0 aliphatic carbocycles. The molecule has 1 rings (SSSR count). The van der Waals surface area contributed by atoms with E-state index < -0.39 is 0 Å². The monoisotopic (exact) mass is 266 g/mol. The number of halogens is 1. The van der Waals surface area contributed by atoms with Gasteiger partial charge < -0.3 is 0 Å². The van der Waals surface area contributed by atoms with E-state index in [1.807, 2.05) is 0 Å². The Kier molecular flexibility index (Phi) is 8.35. The van der Waals surface area contributed by atoms with Crippen molar-refractivity contribution in [1.82, 2.24) is 0 Å². The number of rotatable bonds is 0. The fraction of sp³-hybridized carbons (Fsp3) is 0.143. The number of aryl methyl sites for hydroxylation is 1. The van der Waals surface area contributed by atoms with Gasteiger partial charge in [-0.15, -0.1) is 21.6 Å². The van der Waals surface area contributed by atoms with Crippen molar-refractivity contribution < 1.29 is 20.4 Å². The fourth-order valence-electron chi connectivity index (χ4n) is 0.566. The molecule has 0 fully saturated rings. The molecule has 0 heterocycles. The summed E-state index contributed by atoms with van der Waals surface area (Å²) in [5.74, 6) is 0. The van der Waals surface area contributed by atoms with Crippen LogP contribution in [0, 0.1) is 6.92 Å². The zero-order valence-electron chi connectivity index (χ0n) is 5.61. The van der Waals surface area contributed by atoms with Crippen molar-refractivity contribution in [2.24, 2.45) is 0 Å². The number of hydrogen-bond donors (Lipinski definition) is 0. The van der Waals surface area contributed by atoms with Crippen LogP contribution in [0.15, 0.2) is 24.3 Å². The van der Waals surface area contributed by atoms with E-state index in [4.69, 9.17) is 0 Å². The normalized spacial score (nSPS) is 7.40. The first kappa shape index (κ1) is 13.2. The molecule has 0 aliphatic rings. The quantitative estimate of drug-likeness (QED) is 0.497. The minimum Gasteiger partial charge on any atom is -0.147 e. The van der Waals surface area contributed by atoms with Gasteiger partial charge in [0.05, 0.1) is 0 Å². The van der Waals surface area contributed by atoms with E-state index in [0.29, 0.717) is 0 Å². The Morgan fingerprint density at radius 1 is 1.10 bits per heavy atom. The van der Waals surface area contributed by atoms with E-state index in [2.05, 4.69) is 40.4 Å². The molecule has 0 radical (unpaired) electrons. The number of hydrogen-bond acceptors (Lipinski definition) is 0. The molecule has 0 amide bonds. The predicted octanol–water partition coefficient (Wildman–Crippen LogP) is 1.91. The number of benzene rings is 1. The maximum atomic E-state index is 2.65. The molecule has 0 saturated carbocycles. The van der Waals surface area contributed by atoms with Crippen molar-refractivity contribution in [3.63, 3.8) is 0 Å². The molecule has 1 atom stereocenters. The van der Waals surface area contributed by atoms with E-state index in [0.717, 1.165) is 0 Å². The van der Waals surface area contributed by atoms with Crippen LogP contribution in [0.25, 0.3) is 0 Å². The maximum absolute atomic E-state index is 2.65. The van der Waals surface area contributed by atoms with Crippen molar-refractivity contribution in [2.45, 2.75) is 6.92 Å². The van der Waals surface area contributed by atoms with Gasteiger partial charge in [-0.25, -0.2) is 0 Å². The third kappa shape index (κ3) is 4.42. The van der Waals surface area contributed by atoms with Gasteiger partial charge in [-0.3, -0.25) is 0 Å². The molecule has 0 N–H and O–H groups in total. The Morgan fingerprint density at radius 2 is 1.50 bits per heavy atom. The first-order valence-corrected chi connectivity index (χ1v) is 3.19. The fourth-order valence-corrected chi connectivity index (χ4v) is 0.759. The third-order valence-corrected chi connectivity index (χ3v) is 1.46. The van der Waals surface area contributed by atoms with Crippen molar-refractivity contribution in [1.29, 1.82) is 0 Å². The average Bonchev–Trinajstić information content (AvgIpc) is 1.77. The van der Waals surface area contributed by atoms with Crippen LogP contribution >= 0.6 is 21.6 Å². The van der Waals surface area contributed by atoms with E-state index in [1.165, 1.54) is 10.9 Å². The summed E-state index contributed by atoms with van der Waals surface area (Å²) in [5, 5.41) is 1.25. The van der Waals surface area contributed by atoms with Gasteiger partial charge in [0.1, 0.15) is 0 Å². The molecule has 0 aromatic heterocycles. The van der Waals surface area contributed by atoms with Crippen LogP contribution in [0.3, 0.4) is 0 Å². The molecular weight excluding hydrogens is 257 g/mol. The zero-order valence-corrected chi connectivity index (χ0v) is 9.14. The molecule has 1 aromatic carbocycles. The summed E-state index contributed by atoms with van der Waals surface area (Å²) in [6.45, 7) is 2.09. The van der Waals surface area contributed by atoms with E-state index >= 15 is 0 Å². The first-order chi connectivity index (χ1) is 3.79. The minimum absolute atomic E-state index is 0. The van der Waals surface area contributed by atoms with Gasteiger partial charge in [0.25, 0.3) is 0 Å². The van der Waals surface area contributed by atoms with Gasteiger partial charge in [-0.05, 0) is 12.2 Å². The van der Waals surface area contributed by atoms with Crippen LogP contribution in [0.4, 0.5) is 0 Å². The summed E-state index contributed by atoms with van der Waals surface area (Å²) in [6.07, 6.45) is 0. The van der Waals surface area contributed by atoms with Crippen LogP contribution in [-0.4, -0.2) is 0 Å². The first-order valence-electron chi connectivity index (χ1n) is 2.61. The summed E-state index contributed by atoms with van der Waals surface area (Å²) in [7, 11) is 2.65.